The molecular weight excluding hydrogens is 434 g/mol. The smallest absolute Gasteiger partial charge is 0.295 e. The molecule has 1 aliphatic rings. The lowest BCUT2D eigenvalue weighted by Crippen LogP contribution is -2.29. The minimum atomic E-state index is -0.779. The third-order valence-corrected chi connectivity index (χ3v) is 5.81. The Hall–Kier alpha value is -4.26. The van der Waals surface area contributed by atoms with E-state index in [4.69, 9.17) is 14.2 Å². The summed E-state index contributed by atoms with van der Waals surface area (Å²) in [6.07, 6.45) is 0. The molecule has 1 heterocycles. The van der Waals surface area contributed by atoms with Crippen molar-refractivity contribution in [2.24, 2.45) is 0 Å². The third-order valence-electron chi connectivity index (χ3n) is 5.81. The number of likely N-dealkylation sites (tertiary alicyclic amines) is 1. The highest BCUT2D eigenvalue weighted by atomic mass is 16.5. The molecule has 174 valence electrons. The van der Waals surface area contributed by atoms with Gasteiger partial charge in [-0.2, -0.15) is 0 Å². The number of ketones is 1. The maximum absolute atomic E-state index is 13.3. The lowest BCUT2D eigenvalue weighted by Gasteiger charge is -2.25. The van der Waals surface area contributed by atoms with Gasteiger partial charge in [0.1, 0.15) is 23.0 Å². The van der Waals surface area contributed by atoms with Crippen LogP contribution in [0.2, 0.25) is 0 Å². The van der Waals surface area contributed by atoms with Gasteiger partial charge in [-0.1, -0.05) is 42.5 Å². The zero-order valence-electron chi connectivity index (χ0n) is 19.1. The largest absolute Gasteiger partial charge is 0.507 e. The lowest BCUT2D eigenvalue weighted by atomic mass is 9.95. The number of nitrogens with zero attached hydrogens (tertiary/aromatic N) is 1. The molecule has 0 aliphatic carbocycles. The molecule has 1 atom stereocenters. The van der Waals surface area contributed by atoms with E-state index >= 15 is 0 Å². The summed E-state index contributed by atoms with van der Waals surface area (Å²) in [7, 11) is 4.55. The van der Waals surface area contributed by atoms with E-state index in [9.17, 15) is 14.7 Å². The van der Waals surface area contributed by atoms with Gasteiger partial charge >= 0.3 is 0 Å². The predicted octanol–water partition coefficient (Wildman–Crippen LogP) is 4.33. The van der Waals surface area contributed by atoms with E-state index in [1.807, 2.05) is 54.6 Å². The van der Waals surface area contributed by atoms with Crippen molar-refractivity contribution < 1.29 is 28.9 Å². The fourth-order valence-electron chi connectivity index (χ4n) is 4.13. The van der Waals surface area contributed by atoms with Crippen LogP contribution in [0.3, 0.4) is 0 Å². The molecule has 0 radical (unpaired) electrons. The Kier molecular flexibility index (Phi) is 6.54. The van der Waals surface area contributed by atoms with Gasteiger partial charge in [0.25, 0.3) is 11.7 Å². The Balaban J connectivity index is 1.86. The van der Waals surface area contributed by atoms with Crippen LogP contribution in [0.15, 0.2) is 78.4 Å². The molecule has 7 nitrogen and oxygen atoms in total. The first kappa shape index (κ1) is 22.9. The lowest BCUT2D eigenvalue weighted by molar-refractivity contribution is -0.140. The van der Waals surface area contributed by atoms with Crippen LogP contribution in [-0.4, -0.2) is 43.0 Å². The van der Waals surface area contributed by atoms with E-state index in [1.54, 1.807) is 25.3 Å². The fraction of sp³-hybridized carbons (Fsp3) is 0.185. The zero-order valence-corrected chi connectivity index (χ0v) is 19.1. The first-order chi connectivity index (χ1) is 16.5. The third kappa shape index (κ3) is 4.20. The van der Waals surface area contributed by atoms with Crippen LogP contribution in [0.1, 0.15) is 22.7 Å². The molecule has 1 fully saturated rings. The molecule has 1 N–H and O–H groups in total. The van der Waals surface area contributed by atoms with E-state index in [1.165, 1.54) is 19.1 Å². The Labute approximate surface area is 197 Å². The average Bonchev–Trinajstić information content (AvgIpc) is 3.13. The second-order valence-electron chi connectivity index (χ2n) is 7.76. The van der Waals surface area contributed by atoms with E-state index in [2.05, 4.69) is 0 Å². The first-order valence-electron chi connectivity index (χ1n) is 10.7. The van der Waals surface area contributed by atoms with E-state index < -0.39 is 17.7 Å². The van der Waals surface area contributed by atoms with Crippen molar-refractivity contribution in [3.8, 4) is 17.2 Å². The molecule has 1 unspecified atom stereocenters. The van der Waals surface area contributed by atoms with Gasteiger partial charge in [0.2, 0.25) is 0 Å². The van der Waals surface area contributed by atoms with Crippen LogP contribution in [0.5, 0.6) is 17.2 Å². The summed E-state index contributed by atoms with van der Waals surface area (Å²) in [4.78, 5) is 27.9. The maximum Gasteiger partial charge on any atom is 0.295 e. The average molecular weight is 459 g/mol. The second kappa shape index (κ2) is 9.70. The molecular formula is C27H25NO6. The zero-order chi connectivity index (χ0) is 24.2. The van der Waals surface area contributed by atoms with Gasteiger partial charge in [0, 0.05) is 12.6 Å². The highest BCUT2D eigenvalue weighted by Crippen LogP contribution is 2.42. The van der Waals surface area contributed by atoms with Gasteiger partial charge < -0.3 is 24.2 Å². The minimum Gasteiger partial charge on any atom is -0.507 e. The quantitative estimate of drug-likeness (QED) is 0.322. The molecule has 34 heavy (non-hydrogen) atoms. The number of benzene rings is 3. The fourth-order valence-corrected chi connectivity index (χ4v) is 4.13. The summed E-state index contributed by atoms with van der Waals surface area (Å²) in [5.41, 5.74) is 1.80. The van der Waals surface area contributed by atoms with Gasteiger partial charge in [0.15, 0.2) is 0 Å². The SMILES string of the molecule is COc1cccc(CN2C(=O)C(=O)/C(=C(\O)c3ccc(OC)cc3OC)C2c2ccccc2)c1. The van der Waals surface area contributed by atoms with Crippen molar-refractivity contribution in [3.63, 3.8) is 0 Å². The first-order valence-corrected chi connectivity index (χ1v) is 10.7. The molecule has 0 bridgehead atoms. The van der Waals surface area contributed by atoms with Crippen LogP contribution in [-0.2, 0) is 16.1 Å². The number of amides is 1. The van der Waals surface area contributed by atoms with Gasteiger partial charge in [-0.15, -0.1) is 0 Å². The molecule has 7 heteroatoms. The summed E-state index contributed by atoms with van der Waals surface area (Å²) in [6.45, 7) is 0.165. The van der Waals surface area contributed by atoms with Crippen LogP contribution in [0.25, 0.3) is 5.76 Å². The summed E-state index contributed by atoms with van der Waals surface area (Å²) >= 11 is 0. The summed E-state index contributed by atoms with van der Waals surface area (Å²) < 4.78 is 15.9. The molecule has 0 aromatic heterocycles. The highest BCUT2D eigenvalue weighted by Gasteiger charge is 2.46. The minimum absolute atomic E-state index is 0.00237. The van der Waals surface area contributed by atoms with Crippen LogP contribution < -0.4 is 14.2 Å². The van der Waals surface area contributed by atoms with Crippen molar-refractivity contribution in [2.45, 2.75) is 12.6 Å². The Morgan fingerprint density at radius 3 is 2.24 bits per heavy atom. The van der Waals surface area contributed by atoms with Crippen molar-refractivity contribution in [2.75, 3.05) is 21.3 Å². The summed E-state index contributed by atoms with van der Waals surface area (Å²) in [5.74, 6) is -0.250. The summed E-state index contributed by atoms with van der Waals surface area (Å²) in [5, 5.41) is 11.3. The number of carbonyl (C=O) groups is 2. The molecule has 1 aliphatic heterocycles. The van der Waals surface area contributed by atoms with Crippen LogP contribution >= 0.6 is 0 Å². The van der Waals surface area contributed by atoms with E-state index in [-0.39, 0.29) is 17.9 Å². The molecule has 0 saturated carbocycles. The molecule has 3 aromatic carbocycles. The number of aliphatic hydroxyl groups is 1. The molecule has 0 spiro atoms. The normalized spacial score (nSPS) is 17.0. The van der Waals surface area contributed by atoms with Crippen LogP contribution in [0, 0.1) is 0 Å². The number of hydrogen-bond donors (Lipinski definition) is 1. The number of rotatable bonds is 7. The Bertz CT molecular complexity index is 1250. The Morgan fingerprint density at radius 2 is 1.56 bits per heavy atom. The van der Waals surface area contributed by atoms with Gasteiger partial charge in [0.05, 0.1) is 38.5 Å². The van der Waals surface area contributed by atoms with Crippen molar-refractivity contribution >= 4 is 17.4 Å². The van der Waals surface area contributed by atoms with Crippen molar-refractivity contribution in [1.29, 1.82) is 0 Å². The second-order valence-corrected chi connectivity index (χ2v) is 7.76. The van der Waals surface area contributed by atoms with E-state index in [0.29, 0.717) is 28.4 Å². The van der Waals surface area contributed by atoms with Gasteiger partial charge in [-0.3, -0.25) is 9.59 Å². The Morgan fingerprint density at radius 1 is 0.853 bits per heavy atom. The van der Waals surface area contributed by atoms with E-state index in [0.717, 1.165) is 5.56 Å². The standard InChI is InChI=1S/C27H25NO6/c1-32-19-11-7-8-17(14-19)16-28-24(18-9-5-4-6-10-18)23(26(30)27(28)31)25(29)21-13-12-20(33-2)15-22(21)34-3/h4-15,24,29H,16H2,1-3H3/b25-23-. The molecule has 4 rings (SSSR count). The maximum atomic E-state index is 13.3. The van der Waals surface area contributed by atoms with Crippen molar-refractivity contribution in [1.82, 2.24) is 4.90 Å². The van der Waals surface area contributed by atoms with Crippen LogP contribution in [0.4, 0.5) is 0 Å². The van der Waals surface area contributed by atoms with Crippen molar-refractivity contribution in [3.05, 3.63) is 95.1 Å². The number of hydrogen-bond acceptors (Lipinski definition) is 6. The number of methoxy groups -OCH3 is 3. The number of aliphatic hydroxyl groups excluding tert-OH is 1. The van der Waals surface area contributed by atoms with Gasteiger partial charge in [-0.25, -0.2) is 0 Å². The number of carbonyl (C=O) groups excluding carboxylic acids is 2. The molecule has 1 saturated heterocycles. The molecule has 1 amide bonds. The topological polar surface area (TPSA) is 85.3 Å². The van der Waals surface area contributed by atoms with Gasteiger partial charge in [-0.05, 0) is 35.4 Å². The number of Topliss-reactive ketones (excluding diaryl/α,β-unsaturated/α-hetero) is 1. The monoisotopic (exact) mass is 459 g/mol. The number of ether oxygens (including phenoxy) is 3. The summed E-state index contributed by atoms with van der Waals surface area (Å²) in [6, 6.07) is 20.6. The highest BCUT2D eigenvalue weighted by molar-refractivity contribution is 6.46. The predicted molar refractivity (Wildman–Crippen MR) is 127 cm³/mol. The molecule has 3 aromatic rings.